The van der Waals surface area contributed by atoms with Gasteiger partial charge in [-0.25, -0.2) is 4.79 Å². The monoisotopic (exact) mass is 596 g/mol. The van der Waals surface area contributed by atoms with Crippen LogP contribution in [0, 0.1) is 0 Å². The molecule has 0 fully saturated rings. The fourth-order valence-electron chi connectivity index (χ4n) is 2.63. The third-order valence-corrected chi connectivity index (χ3v) is 4.59. The maximum Gasteiger partial charge on any atom is 0.330 e. The first-order valence-electron chi connectivity index (χ1n) is 14.1. The molecule has 0 N–H and O–H groups in total. The number of rotatable bonds is 36. The van der Waals surface area contributed by atoms with Crippen molar-refractivity contribution in [3.8, 4) is 0 Å². The van der Waals surface area contributed by atoms with Crippen molar-refractivity contribution >= 4 is 5.97 Å². The van der Waals surface area contributed by atoms with Gasteiger partial charge in [-0.05, 0) is 0 Å². The summed E-state index contributed by atoms with van der Waals surface area (Å²) in [5.74, 6) is -0.459. The molecular weight excluding hydrogens is 544 g/mol. The smallest absolute Gasteiger partial charge is 0.330 e. The third-order valence-electron chi connectivity index (χ3n) is 4.59. The van der Waals surface area contributed by atoms with E-state index >= 15 is 0 Å². The second kappa shape index (κ2) is 36.5. The molecule has 0 unspecified atom stereocenters. The molecule has 0 rings (SSSR count). The Morgan fingerprint density at radius 3 is 0.805 bits per heavy atom. The van der Waals surface area contributed by atoms with E-state index in [0.29, 0.717) is 145 Å². The molecule has 0 atom stereocenters. The van der Waals surface area contributed by atoms with Crippen LogP contribution in [0.4, 0.5) is 0 Å². The van der Waals surface area contributed by atoms with Gasteiger partial charge in [0.05, 0.1) is 145 Å². The summed E-state index contributed by atoms with van der Waals surface area (Å²) in [5, 5.41) is 0. The molecule has 0 aromatic carbocycles. The van der Waals surface area contributed by atoms with Gasteiger partial charge in [-0.1, -0.05) is 12.7 Å². The zero-order valence-electron chi connectivity index (χ0n) is 24.6. The maximum absolute atomic E-state index is 10.8. The van der Waals surface area contributed by atoms with E-state index in [1.807, 2.05) is 0 Å². The number of ether oxygens (including phenoxy) is 12. The average Bonchev–Trinajstić information content (AvgIpc) is 2.99. The normalized spacial score (nSPS) is 11.1. The first-order chi connectivity index (χ1) is 20.3. The first-order valence-corrected chi connectivity index (χ1v) is 14.1. The molecule has 13 nitrogen and oxygen atoms in total. The van der Waals surface area contributed by atoms with Crippen molar-refractivity contribution in [2.45, 2.75) is 0 Å². The molecular formula is C28H52O13. The summed E-state index contributed by atoms with van der Waals surface area (Å²) >= 11 is 0. The highest BCUT2D eigenvalue weighted by Crippen LogP contribution is 1.87. The lowest BCUT2D eigenvalue weighted by atomic mass is 10.6. The van der Waals surface area contributed by atoms with Crippen LogP contribution in [0.15, 0.2) is 25.3 Å². The Morgan fingerprint density at radius 2 is 0.585 bits per heavy atom. The summed E-state index contributed by atoms with van der Waals surface area (Å²) in [5.41, 5.74) is 0. The molecule has 0 aromatic rings. The van der Waals surface area contributed by atoms with Crippen molar-refractivity contribution in [3.05, 3.63) is 25.3 Å². The Bertz CT molecular complexity index is 551. The molecule has 0 saturated carbocycles. The molecule has 0 saturated heterocycles. The lowest BCUT2D eigenvalue weighted by molar-refractivity contribution is -0.139. The van der Waals surface area contributed by atoms with Crippen LogP contribution in [0.1, 0.15) is 0 Å². The fraction of sp³-hybridized carbons (Fsp3) is 0.821. The third kappa shape index (κ3) is 36.5. The number of hydrogen-bond donors (Lipinski definition) is 0. The van der Waals surface area contributed by atoms with Crippen LogP contribution in [0.25, 0.3) is 0 Å². The quantitative estimate of drug-likeness (QED) is 0.0443. The van der Waals surface area contributed by atoms with Gasteiger partial charge in [-0.2, -0.15) is 0 Å². The van der Waals surface area contributed by atoms with Crippen LogP contribution in [0.3, 0.4) is 0 Å². The van der Waals surface area contributed by atoms with Crippen molar-refractivity contribution in [1.82, 2.24) is 0 Å². The largest absolute Gasteiger partial charge is 0.460 e. The van der Waals surface area contributed by atoms with Gasteiger partial charge < -0.3 is 56.8 Å². The number of carbonyl (C=O) groups is 1. The molecule has 41 heavy (non-hydrogen) atoms. The Morgan fingerprint density at radius 1 is 0.366 bits per heavy atom. The Hall–Kier alpha value is -1.49. The number of hydrogen-bond acceptors (Lipinski definition) is 13. The highest BCUT2D eigenvalue weighted by molar-refractivity contribution is 5.81. The van der Waals surface area contributed by atoms with Gasteiger partial charge in [0.25, 0.3) is 0 Å². The van der Waals surface area contributed by atoms with E-state index in [0.717, 1.165) is 6.08 Å². The van der Waals surface area contributed by atoms with Crippen molar-refractivity contribution in [2.75, 3.05) is 152 Å². The molecule has 0 aromatic heterocycles. The van der Waals surface area contributed by atoms with Gasteiger partial charge >= 0.3 is 5.97 Å². The molecule has 0 heterocycles. The molecule has 0 spiro atoms. The van der Waals surface area contributed by atoms with Gasteiger partial charge in [0.1, 0.15) is 6.61 Å². The first kappa shape index (κ1) is 39.5. The van der Waals surface area contributed by atoms with Crippen molar-refractivity contribution in [1.29, 1.82) is 0 Å². The van der Waals surface area contributed by atoms with E-state index in [-0.39, 0.29) is 6.61 Å². The lowest BCUT2D eigenvalue weighted by Gasteiger charge is -2.09. The maximum atomic E-state index is 10.8. The molecule has 0 amide bonds. The molecule has 0 aliphatic heterocycles. The van der Waals surface area contributed by atoms with Crippen LogP contribution in [-0.2, 0) is 61.6 Å². The molecule has 0 radical (unpaired) electrons. The molecule has 13 heteroatoms. The standard InChI is InChI=1S/C28H52O13/c1-3-5-30-6-7-31-8-9-32-10-11-33-12-13-34-14-15-35-16-17-36-18-19-37-20-21-38-22-23-39-24-25-40-26-27-41-28(29)4-2/h3-4H,1-2,5-27H2. The summed E-state index contributed by atoms with van der Waals surface area (Å²) < 4.78 is 64.0. The van der Waals surface area contributed by atoms with Gasteiger partial charge in [-0.15, -0.1) is 6.58 Å². The number of carbonyl (C=O) groups excluding carboxylic acids is 1. The van der Waals surface area contributed by atoms with Gasteiger partial charge in [0.2, 0.25) is 0 Å². The molecule has 0 bridgehead atoms. The summed E-state index contributed by atoms with van der Waals surface area (Å²) in [7, 11) is 0. The van der Waals surface area contributed by atoms with E-state index < -0.39 is 5.97 Å². The summed E-state index contributed by atoms with van der Waals surface area (Å²) in [6.45, 7) is 18.0. The Balaban J connectivity index is 3.04. The molecule has 0 aliphatic carbocycles. The minimum absolute atomic E-state index is 0.199. The van der Waals surface area contributed by atoms with Crippen LogP contribution in [0.2, 0.25) is 0 Å². The minimum Gasteiger partial charge on any atom is -0.460 e. The molecule has 242 valence electrons. The van der Waals surface area contributed by atoms with Crippen LogP contribution in [0.5, 0.6) is 0 Å². The van der Waals surface area contributed by atoms with E-state index in [1.165, 1.54) is 0 Å². The van der Waals surface area contributed by atoms with Crippen LogP contribution < -0.4 is 0 Å². The summed E-state index contributed by atoms with van der Waals surface area (Å²) in [4.78, 5) is 10.8. The highest BCUT2D eigenvalue weighted by Gasteiger charge is 1.97. The van der Waals surface area contributed by atoms with Gasteiger partial charge in [0.15, 0.2) is 0 Å². The SMILES string of the molecule is C=CCOCCOCCOCCOCCOCCOCCOCCOCCOCCOCCOCCOC(=O)C=C. The number of esters is 1. The highest BCUT2D eigenvalue weighted by atomic mass is 16.6. The lowest BCUT2D eigenvalue weighted by Crippen LogP contribution is -2.15. The van der Waals surface area contributed by atoms with E-state index in [1.54, 1.807) is 6.08 Å². The Kier molecular flexibility index (Phi) is 35.2. The van der Waals surface area contributed by atoms with Crippen molar-refractivity contribution in [2.24, 2.45) is 0 Å². The topological polar surface area (TPSA) is 128 Å². The minimum atomic E-state index is -0.459. The second-order valence-corrected chi connectivity index (χ2v) is 7.86. The predicted molar refractivity (Wildman–Crippen MR) is 150 cm³/mol. The zero-order chi connectivity index (χ0) is 29.7. The van der Waals surface area contributed by atoms with Gasteiger partial charge in [0, 0.05) is 6.08 Å². The predicted octanol–water partition coefficient (Wildman–Crippen LogP) is 1.08. The van der Waals surface area contributed by atoms with Crippen LogP contribution >= 0.6 is 0 Å². The van der Waals surface area contributed by atoms with Crippen molar-refractivity contribution in [3.63, 3.8) is 0 Å². The Labute approximate surface area is 245 Å². The summed E-state index contributed by atoms with van der Waals surface area (Å²) in [6, 6.07) is 0. The van der Waals surface area contributed by atoms with Crippen molar-refractivity contribution < 1.29 is 61.6 Å². The van der Waals surface area contributed by atoms with E-state index in [2.05, 4.69) is 13.2 Å². The second-order valence-electron chi connectivity index (χ2n) is 7.86. The zero-order valence-corrected chi connectivity index (χ0v) is 24.6. The average molecular weight is 597 g/mol. The molecule has 0 aliphatic rings. The summed E-state index contributed by atoms with van der Waals surface area (Å²) in [6.07, 6.45) is 2.82. The van der Waals surface area contributed by atoms with E-state index in [9.17, 15) is 4.79 Å². The van der Waals surface area contributed by atoms with Crippen LogP contribution in [-0.4, -0.2) is 158 Å². The fourth-order valence-corrected chi connectivity index (χ4v) is 2.63. The van der Waals surface area contributed by atoms with Gasteiger partial charge in [-0.3, -0.25) is 0 Å². The van der Waals surface area contributed by atoms with E-state index in [4.69, 9.17) is 56.8 Å².